The molecule has 2 aromatic rings. The van der Waals surface area contributed by atoms with Gasteiger partial charge in [0.1, 0.15) is 0 Å². The third-order valence-corrected chi connectivity index (χ3v) is 4.65. The van der Waals surface area contributed by atoms with Crippen molar-refractivity contribution in [1.29, 1.82) is 0 Å². The first-order valence-electron chi connectivity index (χ1n) is 7.78. The van der Waals surface area contributed by atoms with Crippen molar-refractivity contribution in [3.8, 4) is 0 Å². The summed E-state index contributed by atoms with van der Waals surface area (Å²) in [6.45, 7) is 4.17. The minimum Gasteiger partial charge on any atom is -0.388 e. The van der Waals surface area contributed by atoms with Crippen LogP contribution in [0.1, 0.15) is 37.0 Å². The molecule has 22 heavy (non-hydrogen) atoms. The van der Waals surface area contributed by atoms with Crippen LogP contribution in [-0.4, -0.2) is 11.2 Å². The number of allylic oxidation sites excluding steroid dienone is 1. The Morgan fingerprint density at radius 1 is 1.05 bits per heavy atom. The van der Waals surface area contributed by atoms with Crippen molar-refractivity contribution in [2.24, 2.45) is 0 Å². The lowest BCUT2D eigenvalue weighted by Crippen LogP contribution is -2.39. The average molecular weight is 290 g/mol. The predicted octanol–water partition coefficient (Wildman–Crippen LogP) is 4.83. The van der Waals surface area contributed by atoms with Crippen molar-refractivity contribution in [3.63, 3.8) is 0 Å². The predicted molar refractivity (Wildman–Crippen MR) is 93.5 cm³/mol. The largest absolute Gasteiger partial charge is 0.388 e. The maximum Gasteiger partial charge on any atom is 0.0847 e. The number of rotatable bonds is 3. The second-order valence-electron chi connectivity index (χ2n) is 6.31. The van der Waals surface area contributed by atoms with Crippen LogP contribution in [0.2, 0.25) is 0 Å². The molecule has 0 unspecified atom stereocenters. The van der Waals surface area contributed by atoms with Crippen molar-refractivity contribution in [3.05, 3.63) is 82.9 Å². The Balaban J connectivity index is 1.91. The highest BCUT2D eigenvalue weighted by Gasteiger charge is 2.38. The molecule has 3 rings (SSSR count). The van der Waals surface area contributed by atoms with Gasteiger partial charge in [0.15, 0.2) is 0 Å². The smallest absolute Gasteiger partial charge is 0.0847 e. The molecular formula is C21H22O. The van der Waals surface area contributed by atoms with E-state index in [0.717, 1.165) is 12.0 Å². The Labute approximate surface area is 132 Å². The van der Waals surface area contributed by atoms with Gasteiger partial charge in [0.05, 0.1) is 6.10 Å². The molecule has 112 valence electrons. The molecule has 0 heterocycles. The van der Waals surface area contributed by atoms with Crippen LogP contribution in [0, 0.1) is 0 Å². The molecule has 0 aromatic heterocycles. The van der Waals surface area contributed by atoms with E-state index >= 15 is 0 Å². The zero-order valence-electron chi connectivity index (χ0n) is 13.2. The number of benzene rings is 2. The van der Waals surface area contributed by atoms with E-state index in [4.69, 9.17) is 0 Å². The van der Waals surface area contributed by atoms with Crippen LogP contribution in [0.3, 0.4) is 0 Å². The standard InChI is InChI=1S/C21H22O/c1-16-15-18-12-6-7-13-19(18)21(2,20(16)22)14-8-11-17-9-4-3-5-10-17/h3-13,15,20,22H,14H2,1-2H3/b11-8+/t20-,21+/m1/s1. The fourth-order valence-electron chi connectivity index (χ4n) is 3.34. The molecule has 2 aromatic carbocycles. The minimum atomic E-state index is -0.442. The first kappa shape index (κ1) is 14.8. The van der Waals surface area contributed by atoms with E-state index in [1.165, 1.54) is 16.7 Å². The van der Waals surface area contributed by atoms with Crippen LogP contribution in [0.25, 0.3) is 12.2 Å². The molecule has 0 radical (unpaired) electrons. The zero-order chi connectivity index (χ0) is 15.6. The molecule has 0 saturated heterocycles. The van der Waals surface area contributed by atoms with E-state index in [1.54, 1.807) is 0 Å². The topological polar surface area (TPSA) is 20.2 Å². The molecule has 1 aliphatic carbocycles. The first-order chi connectivity index (χ1) is 10.6. The fraction of sp³-hybridized carbons (Fsp3) is 0.238. The zero-order valence-corrected chi connectivity index (χ0v) is 13.2. The number of aliphatic hydroxyl groups is 1. The van der Waals surface area contributed by atoms with E-state index in [1.807, 2.05) is 25.1 Å². The molecule has 1 aliphatic rings. The molecule has 1 N–H and O–H groups in total. The summed E-state index contributed by atoms with van der Waals surface area (Å²) in [6.07, 6.45) is 6.78. The van der Waals surface area contributed by atoms with Gasteiger partial charge in [-0.15, -0.1) is 0 Å². The number of fused-ring (bicyclic) bond motifs is 1. The minimum absolute atomic E-state index is 0.277. The van der Waals surface area contributed by atoms with Crippen LogP contribution < -0.4 is 0 Å². The maximum absolute atomic E-state index is 10.7. The van der Waals surface area contributed by atoms with E-state index < -0.39 is 6.10 Å². The van der Waals surface area contributed by atoms with Gasteiger partial charge in [0.2, 0.25) is 0 Å². The van der Waals surface area contributed by atoms with Gasteiger partial charge in [-0.3, -0.25) is 0 Å². The van der Waals surface area contributed by atoms with Gasteiger partial charge in [-0.1, -0.05) is 79.7 Å². The summed E-state index contributed by atoms with van der Waals surface area (Å²) in [4.78, 5) is 0. The Hall–Kier alpha value is -2.12. The summed E-state index contributed by atoms with van der Waals surface area (Å²) < 4.78 is 0. The summed E-state index contributed by atoms with van der Waals surface area (Å²) in [6, 6.07) is 18.7. The molecule has 0 bridgehead atoms. The van der Waals surface area contributed by atoms with Gasteiger partial charge in [-0.05, 0) is 35.6 Å². The Bertz CT molecular complexity index is 712. The molecular weight excluding hydrogens is 268 g/mol. The fourth-order valence-corrected chi connectivity index (χ4v) is 3.34. The van der Waals surface area contributed by atoms with Crippen LogP contribution in [0.5, 0.6) is 0 Å². The number of aliphatic hydroxyl groups excluding tert-OH is 1. The van der Waals surface area contributed by atoms with Gasteiger partial charge >= 0.3 is 0 Å². The second-order valence-corrected chi connectivity index (χ2v) is 6.31. The summed E-state index contributed by atoms with van der Waals surface area (Å²) in [5.74, 6) is 0. The Kier molecular flexibility index (Phi) is 4.00. The third-order valence-electron chi connectivity index (χ3n) is 4.65. The molecule has 1 nitrogen and oxygen atoms in total. The van der Waals surface area contributed by atoms with E-state index in [9.17, 15) is 5.11 Å². The Morgan fingerprint density at radius 3 is 2.50 bits per heavy atom. The lowest BCUT2D eigenvalue weighted by atomic mass is 9.67. The average Bonchev–Trinajstić information content (AvgIpc) is 2.54. The first-order valence-corrected chi connectivity index (χ1v) is 7.78. The van der Waals surface area contributed by atoms with Crippen molar-refractivity contribution < 1.29 is 5.11 Å². The van der Waals surface area contributed by atoms with Crippen LogP contribution in [0.15, 0.2) is 66.2 Å². The third kappa shape index (κ3) is 2.65. The maximum atomic E-state index is 10.7. The summed E-state index contributed by atoms with van der Waals surface area (Å²) in [5, 5.41) is 10.7. The molecule has 2 atom stereocenters. The highest BCUT2D eigenvalue weighted by molar-refractivity contribution is 5.64. The molecule has 0 saturated carbocycles. The van der Waals surface area contributed by atoms with Gasteiger partial charge in [0, 0.05) is 5.41 Å². The summed E-state index contributed by atoms with van der Waals surface area (Å²) >= 11 is 0. The highest BCUT2D eigenvalue weighted by Crippen LogP contribution is 2.41. The van der Waals surface area contributed by atoms with E-state index in [2.05, 4.69) is 61.5 Å². The molecule has 0 aliphatic heterocycles. The van der Waals surface area contributed by atoms with Crippen LogP contribution in [0.4, 0.5) is 0 Å². The Morgan fingerprint density at radius 2 is 1.73 bits per heavy atom. The lowest BCUT2D eigenvalue weighted by Gasteiger charge is -2.39. The van der Waals surface area contributed by atoms with E-state index in [-0.39, 0.29) is 5.41 Å². The van der Waals surface area contributed by atoms with Gasteiger partial charge < -0.3 is 5.11 Å². The summed E-state index contributed by atoms with van der Waals surface area (Å²) in [7, 11) is 0. The van der Waals surface area contributed by atoms with Crippen molar-refractivity contribution in [2.75, 3.05) is 0 Å². The van der Waals surface area contributed by atoms with Gasteiger partial charge in [-0.25, -0.2) is 0 Å². The molecule has 1 heteroatoms. The van der Waals surface area contributed by atoms with Gasteiger partial charge in [-0.2, -0.15) is 0 Å². The summed E-state index contributed by atoms with van der Waals surface area (Å²) in [5.41, 5.74) is 4.40. The molecule has 0 spiro atoms. The second kappa shape index (κ2) is 5.94. The van der Waals surface area contributed by atoms with Crippen molar-refractivity contribution in [2.45, 2.75) is 31.8 Å². The number of hydrogen-bond donors (Lipinski definition) is 1. The quantitative estimate of drug-likeness (QED) is 0.858. The van der Waals surface area contributed by atoms with Crippen LogP contribution >= 0.6 is 0 Å². The normalized spacial score (nSPS) is 24.1. The SMILES string of the molecule is CC1=Cc2ccccc2[C@](C)(C/C=C/c2ccccc2)[C@@H]1O. The van der Waals surface area contributed by atoms with Gasteiger partial charge in [0.25, 0.3) is 0 Å². The van der Waals surface area contributed by atoms with Crippen molar-refractivity contribution >= 4 is 12.2 Å². The lowest BCUT2D eigenvalue weighted by molar-refractivity contribution is 0.122. The monoisotopic (exact) mass is 290 g/mol. The van der Waals surface area contributed by atoms with Crippen molar-refractivity contribution in [1.82, 2.24) is 0 Å². The molecule has 0 fully saturated rings. The van der Waals surface area contributed by atoms with Crippen LogP contribution in [-0.2, 0) is 5.41 Å². The van der Waals surface area contributed by atoms with E-state index in [0.29, 0.717) is 0 Å². The molecule has 0 amide bonds. The highest BCUT2D eigenvalue weighted by atomic mass is 16.3. The number of hydrogen-bond acceptors (Lipinski definition) is 1.